The maximum absolute atomic E-state index is 11.8. The van der Waals surface area contributed by atoms with Gasteiger partial charge in [-0.3, -0.25) is 4.79 Å². The fraction of sp³-hybridized carbons (Fsp3) is 0.833. The molecule has 17 heavy (non-hydrogen) atoms. The Labute approximate surface area is 102 Å². The normalized spacial score (nSPS) is 20.6. The average Bonchev–Trinajstić information content (AvgIpc) is 2.30. The predicted octanol–water partition coefficient (Wildman–Crippen LogP) is 1.02. The second kappa shape index (κ2) is 6.00. The van der Waals surface area contributed by atoms with Gasteiger partial charge in [0, 0.05) is 0 Å². The summed E-state index contributed by atoms with van der Waals surface area (Å²) in [6.07, 6.45) is 5.13. The number of hydrogen-bond acceptors (Lipinski definition) is 3. The van der Waals surface area contributed by atoms with Crippen molar-refractivity contribution in [2.24, 2.45) is 5.73 Å². The number of rotatable bonds is 5. The van der Waals surface area contributed by atoms with Crippen LogP contribution in [0.4, 0.5) is 0 Å². The number of carbonyl (C=O) groups excluding carboxylic acids is 1. The molecule has 5 heteroatoms. The lowest BCUT2D eigenvalue weighted by atomic mass is 9.81. The summed E-state index contributed by atoms with van der Waals surface area (Å²) >= 11 is 0. The topological polar surface area (TPSA) is 92.4 Å². The molecule has 1 rings (SSSR count). The molecular weight excluding hydrogens is 220 g/mol. The van der Waals surface area contributed by atoms with E-state index in [0.717, 1.165) is 25.7 Å². The fourth-order valence-corrected chi connectivity index (χ4v) is 2.32. The quantitative estimate of drug-likeness (QED) is 0.671. The molecule has 0 aliphatic heterocycles. The van der Waals surface area contributed by atoms with E-state index < -0.39 is 17.6 Å². The number of carboxylic acids is 1. The van der Waals surface area contributed by atoms with Crippen LogP contribution in [0.2, 0.25) is 0 Å². The van der Waals surface area contributed by atoms with E-state index in [1.54, 1.807) is 0 Å². The van der Waals surface area contributed by atoms with Crippen LogP contribution in [0.25, 0.3) is 0 Å². The van der Waals surface area contributed by atoms with E-state index in [2.05, 4.69) is 5.32 Å². The fourth-order valence-electron chi connectivity index (χ4n) is 2.32. The van der Waals surface area contributed by atoms with Crippen molar-refractivity contribution in [2.45, 2.75) is 63.5 Å². The maximum atomic E-state index is 11.8. The molecule has 1 amide bonds. The minimum Gasteiger partial charge on any atom is -0.480 e. The van der Waals surface area contributed by atoms with Crippen molar-refractivity contribution in [1.82, 2.24) is 5.32 Å². The van der Waals surface area contributed by atoms with E-state index in [0.29, 0.717) is 19.3 Å². The molecule has 0 aromatic carbocycles. The van der Waals surface area contributed by atoms with E-state index in [-0.39, 0.29) is 5.91 Å². The van der Waals surface area contributed by atoms with Crippen molar-refractivity contribution >= 4 is 11.9 Å². The van der Waals surface area contributed by atoms with Gasteiger partial charge in [-0.05, 0) is 19.3 Å². The molecular formula is C12H22N2O3. The summed E-state index contributed by atoms with van der Waals surface area (Å²) in [6.45, 7) is 1.95. The Morgan fingerprint density at radius 2 is 1.94 bits per heavy atom. The van der Waals surface area contributed by atoms with Crippen LogP contribution in [-0.2, 0) is 9.59 Å². The lowest BCUT2D eigenvalue weighted by Gasteiger charge is -2.34. The largest absolute Gasteiger partial charge is 0.480 e. The van der Waals surface area contributed by atoms with Crippen LogP contribution in [0.1, 0.15) is 51.9 Å². The summed E-state index contributed by atoms with van der Waals surface area (Å²) in [4.78, 5) is 23.1. The molecule has 1 aliphatic rings. The molecule has 4 N–H and O–H groups in total. The molecule has 5 nitrogen and oxygen atoms in total. The Morgan fingerprint density at radius 1 is 1.35 bits per heavy atom. The summed E-state index contributed by atoms with van der Waals surface area (Å²) in [5, 5.41) is 11.9. The number of hydrogen-bond donors (Lipinski definition) is 3. The molecule has 1 atom stereocenters. The maximum Gasteiger partial charge on any atom is 0.329 e. The van der Waals surface area contributed by atoms with Gasteiger partial charge in [0.25, 0.3) is 0 Å². The molecule has 0 radical (unpaired) electrons. The van der Waals surface area contributed by atoms with Crippen LogP contribution in [0.5, 0.6) is 0 Å². The number of nitrogens with one attached hydrogen (secondary N) is 1. The molecule has 0 bridgehead atoms. The predicted molar refractivity (Wildman–Crippen MR) is 64.5 cm³/mol. The highest BCUT2D eigenvalue weighted by Crippen LogP contribution is 2.28. The van der Waals surface area contributed by atoms with Gasteiger partial charge < -0.3 is 16.2 Å². The summed E-state index contributed by atoms with van der Waals surface area (Å²) < 4.78 is 0. The van der Waals surface area contributed by atoms with Gasteiger partial charge >= 0.3 is 5.97 Å². The van der Waals surface area contributed by atoms with Gasteiger partial charge in [0.2, 0.25) is 5.91 Å². The molecule has 98 valence electrons. The lowest BCUT2D eigenvalue weighted by Crippen LogP contribution is -2.59. The first kappa shape index (κ1) is 14.0. The Balaban J connectivity index is 2.66. The van der Waals surface area contributed by atoms with Crippen molar-refractivity contribution in [3.8, 4) is 0 Å². The number of carboxylic acid groups (broad SMARTS) is 1. The highest BCUT2D eigenvalue weighted by molar-refractivity contribution is 5.89. The second-order valence-electron chi connectivity index (χ2n) is 4.83. The summed E-state index contributed by atoms with van der Waals surface area (Å²) in [5.41, 5.74) is 4.62. The van der Waals surface area contributed by atoms with Gasteiger partial charge in [0.05, 0.1) is 6.04 Å². The first-order chi connectivity index (χ1) is 8.02. The third-order valence-corrected chi connectivity index (χ3v) is 3.42. The highest BCUT2D eigenvalue weighted by Gasteiger charge is 2.41. The van der Waals surface area contributed by atoms with Crippen LogP contribution in [0, 0.1) is 0 Å². The van der Waals surface area contributed by atoms with Gasteiger partial charge in [-0.25, -0.2) is 4.79 Å². The van der Waals surface area contributed by atoms with Crippen LogP contribution in [0.3, 0.4) is 0 Å². The minimum atomic E-state index is -1.08. The van der Waals surface area contributed by atoms with Crippen molar-refractivity contribution in [1.29, 1.82) is 0 Å². The molecule has 0 aromatic heterocycles. The molecule has 0 unspecified atom stereocenters. The van der Waals surface area contributed by atoms with Crippen molar-refractivity contribution in [3.63, 3.8) is 0 Å². The number of carbonyl (C=O) groups is 2. The number of aliphatic carboxylic acids is 1. The first-order valence-corrected chi connectivity index (χ1v) is 6.33. The monoisotopic (exact) mass is 242 g/mol. The lowest BCUT2D eigenvalue weighted by molar-refractivity contribution is -0.149. The molecule has 1 aliphatic carbocycles. The Bertz CT molecular complexity index is 285. The SMILES string of the molecule is CCC[C@H](N)C(=O)NC1(C(=O)O)CCCCC1. The van der Waals surface area contributed by atoms with Gasteiger partial charge in [-0.1, -0.05) is 32.6 Å². The van der Waals surface area contributed by atoms with E-state index in [1.165, 1.54) is 0 Å². The second-order valence-corrected chi connectivity index (χ2v) is 4.83. The summed E-state index contributed by atoms with van der Waals surface area (Å²) in [7, 11) is 0. The van der Waals surface area contributed by atoms with Gasteiger partial charge in [-0.2, -0.15) is 0 Å². The van der Waals surface area contributed by atoms with E-state index in [9.17, 15) is 14.7 Å². The number of amides is 1. The summed E-state index contributed by atoms with van der Waals surface area (Å²) in [5.74, 6) is -1.27. The molecule has 0 spiro atoms. The standard InChI is InChI=1S/C12H22N2O3/c1-2-6-9(13)10(15)14-12(11(16)17)7-4-3-5-8-12/h9H,2-8,13H2,1H3,(H,14,15)(H,16,17)/t9-/m0/s1. The van der Waals surface area contributed by atoms with Crippen molar-refractivity contribution in [3.05, 3.63) is 0 Å². The smallest absolute Gasteiger partial charge is 0.329 e. The van der Waals surface area contributed by atoms with Crippen LogP contribution >= 0.6 is 0 Å². The third kappa shape index (κ3) is 3.43. The molecule has 0 saturated heterocycles. The minimum absolute atomic E-state index is 0.337. The molecule has 1 fully saturated rings. The summed E-state index contributed by atoms with van der Waals surface area (Å²) in [6, 6.07) is -0.599. The Kier molecular flexibility index (Phi) is 4.93. The first-order valence-electron chi connectivity index (χ1n) is 6.33. The van der Waals surface area contributed by atoms with E-state index >= 15 is 0 Å². The zero-order valence-corrected chi connectivity index (χ0v) is 10.4. The Hall–Kier alpha value is -1.10. The van der Waals surface area contributed by atoms with Crippen molar-refractivity contribution in [2.75, 3.05) is 0 Å². The number of nitrogens with two attached hydrogens (primary N) is 1. The molecule has 1 saturated carbocycles. The van der Waals surface area contributed by atoms with Crippen LogP contribution in [-0.4, -0.2) is 28.6 Å². The van der Waals surface area contributed by atoms with Gasteiger partial charge in [-0.15, -0.1) is 0 Å². The van der Waals surface area contributed by atoms with Gasteiger partial charge in [0.1, 0.15) is 5.54 Å². The van der Waals surface area contributed by atoms with Crippen LogP contribution < -0.4 is 11.1 Å². The van der Waals surface area contributed by atoms with Gasteiger partial charge in [0.15, 0.2) is 0 Å². The molecule has 0 heterocycles. The molecule has 0 aromatic rings. The average molecular weight is 242 g/mol. The highest BCUT2D eigenvalue weighted by atomic mass is 16.4. The Morgan fingerprint density at radius 3 is 2.41 bits per heavy atom. The van der Waals surface area contributed by atoms with Crippen LogP contribution in [0.15, 0.2) is 0 Å². The zero-order chi connectivity index (χ0) is 12.9. The zero-order valence-electron chi connectivity index (χ0n) is 10.4. The van der Waals surface area contributed by atoms with E-state index in [4.69, 9.17) is 5.73 Å². The third-order valence-electron chi connectivity index (χ3n) is 3.42. The van der Waals surface area contributed by atoms with E-state index in [1.807, 2.05) is 6.92 Å². The van der Waals surface area contributed by atoms with Crippen molar-refractivity contribution < 1.29 is 14.7 Å².